The normalized spacial score (nSPS) is 10.9. The molecule has 2 heterocycles. The second-order valence-electron chi connectivity index (χ2n) is 8.10. The smallest absolute Gasteiger partial charge is 0.251 e. The number of ether oxygens (including phenoxy) is 1. The van der Waals surface area contributed by atoms with E-state index in [9.17, 15) is 4.79 Å². The highest BCUT2D eigenvalue weighted by Gasteiger charge is 2.17. The first-order chi connectivity index (χ1) is 18.1. The van der Waals surface area contributed by atoms with Crippen LogP contribution in [0.25, 0.3) is 17.1 Å². The van der Waals surface area contributed by atoms with Gasteiger partial charge in [0.05, 0.1) is 25.6 Å². The average Bonchev–Trinajstić information content (AvgIpc) is 3.61. The van der Waals surface area contributed by atoms with Gasteiger partial charge in [-0.1, -0.05) is 53.7 Å². The van der Waals surface area contributed by atoms with E-state index < -0.39 is 0 Å². The molecule has 0 unspecified atom stereocenters. The van der Waals surface area contributed by atoms with Crippen molar-refractivity contribution < 1.29 is 13.9 Å². The lowest BCUT2D eigenvalue weighted by Crippen LogP contribution is -2.22. The van der Waals surface area contributed by atoms with Crippen molar-refractivity contribution in [1.29, 1.82) is 0 Å². The van der Waals surface area contributed by atoms with Gasteiger partial charge in [-0.25, -0.2) is 0 Å². The van der Waals surface area contributed by atoms with Crippen molar-refractivity contribution in [3.05, 3.63) is 113 Å². The summed E-state index contributed by atoms with van der Waals surface area (Å²) in [5, 5.41) is 13.2. The largest absolute Gasteiger partial charge is 0.497 e. The van der Waals surface area contributed by atoms with E-state index in [1.54, 1.807) is 31.2 Å². The maximum Gasteiger partial charge on any atom is 0.251 e. The van der Waals surface area contributed by atoms with Gasteiger partial charge in [-0.05, 0) is 60.2 Å². The summed E-state index contributed by atoms with van der Waals surface area (Å²) in [6, 6.07) is 26.4. The Morgan fingerprint density at radius 1 is 1.03 bits per heavy atom. The molecule has 0 bridgehead atoms. The summed E-state index contributed by atoms with van der Waals surface area (Å²) in [5.74, 6) is 2.62. The number of thioether (sulfide) groups is 1. The third-order valence-corrected chi connectivity index (χ3v) is 6.85. The molecule has 0 aliphatic heterocycles. The summed E-state index contributed by atoms with van der Waals surface area (Å²) < 4.78 is 12.6. The van der Waals surface area contributed by atoms with E-state index in [0.29, 0.717) is 34.5 Å². The van der Waals surface area contributed by atoms with Gasteiger partial charge in [0.15, 0.2) is 11.0 Å². The van der Waals surface area contributed by atoms with Crippen LogP contribution in [0.5, 0.6) is 5.75 Å². The highest BCUT2D eigenvalue weighted by Crippen LogP contribution is 2.32. The topological polar surface area (TPSA) is 82.2 Å². The fourth-order valence-corrected chi connectivity index (χ4v) is 4.84. The highest BCUT2D eigenvalue weighted by molar-refractivity contribution is 7.98. The zero-order chi connectivity index (χ0) is 25.6. The highest BCUT2D eigenvalue weighted by atomic mass is 35.5. The maximum absolute atomic E-state index is 12.4. The van der Waals surface area contributed by atoms with Crippen molar-refractivity contribution in [1.82, 2.24) is 20.1 Å². The van der Waals surface area contributed by atoms with Crippen LogP contribution in [0.15, 0.2) is 101 Å². The number of carbonyl (C=O) groups excluding carboxylic acids is 1. The molecule has 9 heteroatoms. The molecular formula is C28H23ClN4O3S. The fraction of sp³-hybridized carbons (Fsp3) is 0.107. The molecule has 1 N–H and O–H groups in total. The number of hydrogen-bond donors (Lipinski definition) is 1. The van der Waals surface area contributed by atoms with E-state index in [1.807, 2.05) is 83.4 Å². The van der Waals surface area contributed by atoms with Crippen LogP contribution in [0.2, 0.25) is 5.02 Å². The minimum atomic E-state index is -0.153. The van der Waals surface area contributed by atoms with Crippen LogP contribution in [0, 0.1) is 0 Å². The first kappa shape index (κ1) is 24.7. The molecule has 3 aromatic carbocycles. The molecule has 7 nitrogen and oxygen atoms in total. The van der Waals surface area contributed by atoms with Crippen molar-refractivity contribution in [2.45, 2.75) is 17.5 Å². The average molecular weight is 531 g/mol. The van der Waals surface area contributed by atoms with E-state index in [4.69, 9.17) is 20.8 Å². The summed E-state index contributed by atoms with van der Waals surface area (Å²) >= 11 is 7.86. The van der Waals surface area contributed by atoms with Crippen LogP contribution in [-0.4, -0.2) is 27.8 Å². The molecule has 0 fully saturated rings. The number of furan rings is 1. The lowest BCUT2D eigenvalue weighted by Gasteiger charge is -2.11. The van der Waals surface area contributed by atoms with Crippen LogP contribution in [0.3, 0.4) is 0 Å². The zero-order valence-corrected chi connectivity index (χ0v) is 21.5. The summed E-state index contributed by atoms with van der Waals surface area (Å²) in [5.41, 5.74) is 3.38. The molecule has 0 saturated carbocycles. The number of amides is 1. The van der Waals surface area contributed by atoms with E-state index in [2.05, 4.69) is 15.5 Å². The predicted octanol–water partition coefficient (Wildman–Crippen LogP) is 6.41. The molecule has 0 aliphatic carbocycles. The summed E-state index contributed by atoms with van der Waals surface area (Å²) in [6.07, 6.45) is 1.58. The van der Waals surface area contributed by atoms with Gasteiger partial charge in [0.25, 0.3) is 5.91 Å². The third-order valence-electron chi connectivity index (χ3n) is 5.62. The Hall–Kier alpha value is -4.01. The number of aromatic nitrogens is 3. The molecule has 0 saturated heterocycles. The third kappa shape index (κ3) is 5.87. The van der Waals surface area contributed by atoms with Crippen molar-refractivity contribution >= 4 is 29.3 Å². The lowest BCUT2D eigenvalue weighted by molar-refractivity contribution is 0.0948. The molecular weight excluding hydrogens is 508 g/mol. The zero-order valence-electron chi connectivity index (χ0n) is 19.9. The first-order valence-electron chi connectivity index (χ1n) is 11.5. The van der Waals surface area contributed by atoms with Gasteiger partial charge in [0.2, 0.25) is 0 Å². The van der Waals surface area contributed by atoms with Crippen molar-refractivity contribution in [3.63, 3.8) is 0 Å². The quantitative estimate of drug-likeness (QED) is 0.222. The number of methoxy groups -OCH3 is 1. The molecule has 2 aromatic heterocycles. The van der Waals surface area contributed by atoms with Gasteiger partial charge >= 0.3 is 0 Å². The second kappa shape index (κ2) is 11.4. The molecule has 5 rings (SSSR count). The lowest BCUT2D eigenvalue weighted by atomic mass is 10.1. The number of halogens is 1. The van der Waals surface area contributed by atoms with E-state index in [1.165, 1.54) is 0 Å². The van der Waals surface area contributed by atoms with Crippen LogP contribution in [0.4, 0.5) is 0 Å². The Kier molecular flexibility index (Phi) is 7.58. The molecule has 0 radical (unpaired) electrons. The van der Waals surface area contributed by atoms with Gasteiger partial charge in [-0.15, -0.1) is 10.2 Å². The van der Waals surface area contributed by atoms with Gasteiger partial charge in [-0.3, -0.25) is 9.36 Å². The van der Waals surface area contributed by atoms with E-state index in [0.717, 1.165) is 27.7 Å². The number of nitrogens with one attached hydrogen (secondary N) is 1. The standard InChI is InChI=1S/C28H23ClN4O3S/c1-35-24-8-2-5-21(15-24)26-31-32-28(33(26)23-7-3-6-22(29)16-23)37-18-19-10-12-20(13-11-19)27(34)30-17-25-9-4-14-36-25/h2-16H,17-18H2,1H3,(H,30,34). The van der Waals surface area contributed by atoms with Crippen molar-refractivity contribution in [2.75, 3.05) is 7.11 Å². The van der Waals surface area contributed by atoms with Crippen LogP contribution in [0.1, 0.15) is 21.7 Å². The Labute approximate surface area is 223 Å². The Morgan fingerprint density at radius 3 is 2.62 bits per heavy atom. The van der Waals surface area contributed by atoms with Crippen LogP contribution < -0.4 is 10.1 Å². The van der Waals surface area contributed by atoms with Crippen molar-refractivity contribution in [2.24, 2.45) is 0 Å². The Bertz CT molecular complexity index is 1500. The summed E-state index contributed by atoms with van der Waals surface area (Å²) in [7, 11) is 1.64. The van der Waals surface area contributed by atoms with Gasteiger partial charge < -0.3 is 14.5 Å². The predicted molar refractivity (Wildman–Crippen MR) is 144 cm³/mol. The SMILES string of the molecule is COc1cccc(-c2nnc(SCc3ccc(C(=O)NCc4ccco4)cc3)n2-c2cccc(Cl)c2)c1. The minimum absolute atomic E-state index is 0.153. The minimum Gasteiger partial charge on any atom is -0.497 e. The van der Waals surface area contributed by atoms with Gasteiger partial charge in [0, 0.05) is 21.9 Å². The second-order valence-corrected chi connectivity index (χ2v) is 9.48. The maximum atomic E-state index is 12.4. The fourth-order valence-electron chi connectivity index (χ4n) is 3.74. The molecule has 186 valence electrons. The summed E-state index contributed by atoms with van der Waals surface area (Å²) in [4.78, 5) is 12.4. The number of rotatable bonds is 9. The summed E-state index contributed by atoms with van der Waals surface area (Å²) in [6.45, 7) is 0.345. The van der Waals surface area contributed by atoms with E-state index >= 15 is 0 Å². The van der Waals surface area contributed by atoms with Gasteiger partial charge in [0.1, 0.15) is 11.5 Å². The molecule has 0 aliphatic rings. The molecule has 0 spiro atoms. The number of hydrogen-bond acceptors (Lipinski definition) is 6. The van der Waals surface area contributed by atoms with Gasteiger partial charge in [-0.2, -0.15) is 0 Å². The molecule has 1 amide bonds. The Morgan fingerprint density at radius 2 is 1.86 bits per heavy atom. The molecule has 37 heavy (non-hydrogen) atoms. The number of carbonyl (C=O) groups is 1. The van der Waals surface area contributed by atoms with Crippen LogP contribution in [-0.2, 0) is 12.3 Å². The first-order valence-corrected chi connectivity index (χ1v) is 12.8. The van der Waals surface area contributed by atoms with E-state index in [-0.39, 0.29) is 5.91 Å². The Balaban J connectivity index is 1.34. The number of nitrogens with zero attached hydrogens (tertiary/aromatic N) is 3. The van der Waals surface area contributed by atoms with Crippen molar-refractivity contribution in [3.8, 4) is 22.8 Å². The monoisotopic (exact) mass is 530 g/mol. The molecule has 5 aromatic rings. The van der Waals surface area contributed by atoms with Crippen LogP contribution >= 0.6 is 23.4 Å². The molecule has 0 atom stereocenters. The number of benzene rings is 3.